The normalized spacial score (nSPS) is 25.1. The maximum Gasteiger partial charge on any atom is 0.0992 e. The van der Waals surface area contributed by atoms with Gasteiger partial charge in [0.25, 0.3) is 0 Å². The van der Waals surface area contributed by atoms with Crippen LogP contribution in [0.3, 0.4) is 0 Å². The van der Waals surface area contributed by atoms with Crippen molar-refractivity contribution in [3.8, 4) is 0 Å². The minimum absolute atomic E-state index is 0.0192. The lowest BCUT2D eigenvalue weighted by Gasteiger charge is -2.22. The van der Waals surface area contributed by atoms with Crippen LogP contribution in [0.25, 0.3) is 0 Å². The summed E-state index contributed by atoms with van der Waals surface area (Å²) in [6, 6.07) is 0. The number of rotatable bonds is 2. The Labute approximate surface area is 86.7 Å². The van der Waals surface area contributed by atoms with E-state index in [-0.39, 0.29) is 5.41 Å². The van der Waals surface area contributed by atoms with Gasteiger partial charge >= 0.3 is 0 Å². The number of aliphatic imine (C=N–C) groups is 1. The minimum atomic E-state index is -0.0192. The maximum absolute atomic E-state index is 5.86. The van der Waals surface area contributed by atoms with Gasteiger partial charge in [-0.25, -0.2) is 0 Å². The second-order valence-corrected chi connectivity index (χ2v) is 4.96. The SMILES string of the molecule is CC(C)(C)C(N)=NCC1CCCCO1. The van der Waals surface area contributed by atoms with Crippen molar-refractivity contribution in [3.63, 3.8) is 0 Å². The van der Waals surface area contributed by atoms with Gasteiger partial charge in [0.2, 0.25) is 0 Å². The second kappa shape index (κ2) is 4.78. The molecule has 0 radical (unpaired) electrons. The molecule has 1 fully saturated rings. The van der Waals surface area contributed by atoms with Crippen molar-refractivity contribution >= 4 is 5.84 Å². The fourth-order valence-electron chi connectivity index (χ4n) is 1.39. The molecule has 1 unspecified atom stereocenters. The summed E-state index contributed by atoms with van der Waals surface area (Å²) in [4.78, 5) is 4.39. The van der Waals surface area contributed by atoms with E-state index >= 15 is 0 Å². The standard InChI is InChI=1S/C11H22N2O/c1-11(2,3)10(12)13-8-9-6-4-5-7-14-9/h9H,4-8H2,1-3H3,(H2,12,13). The van der Waals surface area contributed by atoms with E-state index in [0.29, 0.717) is 6.10 Å². The van der Waals surface area contributed by atoms with E-state index in [9.17, 15) is 0 Å². The first-order chi connectivity index (χ1) is 6.50. The third-order valence-corrected chi connectivity index (χ3v) is 2.51. The largest absolute Gasteiger partial charge is 0.387 e. The topological polar surface area (TPSA) is 47.6 Å². The van der Waals surface area contributed by atoms with Crippen LogP contribution in [0.4, 0.5) is 0 Å². The molecule has 82 valence electrons. The van der Waals surface area contributed by atoms with Crippen LogP contribution in [0.2, 0.25) is 0 Å². The van der Waals surface area contributed by atoms with E-state index in [2.05, 4.69) is 25.8 Å². The molecule has 2 N–H and O–H groups in total. The van der Waals surface area contributed by atoms with Crippen molar-refractivity contribution in [2.75, 3.05) is 13.2 Å². The van der Waals surface area contributed by atoms with Crippen LogP contribution in [-0.4, -0.2) is 25.1 Å². The van der Waals surface area contributed by atoms with Crippen LogP contribution in [0.15, 0.2) is 4.99 Å². The van der Waals surface area contributed by atoms with Crippen molar-refractivity contribution in [2.24, 2.45) is 16.1 Å². The van der Waals surface area contributed by atoms with Gasteiger partial charge in [-0.1, -0.05) is 20.8 Å². The van der Waals surface area contributed by atoms with Crippen LogP contribution >= 0.6 is 0 Å². The van der Waals surface area contributed by atoms with Crippen molar-refractivity contribution in [2.45, 2.75) is 46.1 Å². The molecule has 0 aromatic rings. The van der Waals surface area contributed by atoms with Crippen LogP contribution in [0, 0.1) is 5.41 Å². The van der Waals surface area contributed by atoms with E-state index in [1.165, 1.54) is 12.8 Å². The lowest BCUT2D eigenvalue weighted by molar-refractivity contribution is 0.0224. The predicted octanol–water partition coefficient (Wildman–Crippen LogP) is 1.96. The molecule has 1 rings (SSSR count). The zero-order valence-corrected chi connectivity index (χ0v) is 9.55. The lowest BCUT2D eigenvalue weighted by Crippen LogP contribution is -2.31. The van der Waals surface area contributed by atoms with Crippen molar-refractivity contribution in [1.82, 2.24) is 0 Å². The number of hydrogen-bond donors (Lipinski definition) is 1. The monoisotopic (exact) mass is 198 g/mol. The molecule has 14 heavy (non-hydrogen) atoms. The Balaban J connectivity index is 2.37. The Kier molecular flexibility index (Phi) is 3.93. The number of amidine groups is 1. The summed E-state index contributed by atoms with van der Waals surface area (Å²) >= 11 is 0. The van der Waals surface area contributed by atoms with Crippen molar-refractivity contribution in [1.29, 1.82) is 0 Å². The molecular weight excluding hydrogens is 176 g/mol. The number of ether oxygens (including phenoxy) is 1. The third-order valence-electron chi connectivity index (χ3n) is 2.51. The first-order valence-electron chi connectivity index (χ1n) is 5.42. The molecule has 1 saturated heterocycles. The molecule has 0 amide bonds. The Morgan fingerprint density at radius 2 is 2.14 bits per heavy atom. The van der Waals surface area contributed by atoms with Crippen LogP contribution < -0.4 is 5.73 Å². The highest BCUT2D eigenvalue weighted by Gasteiger charge is 2.17. The molecule has 1 aliphatic heterocycles. The summed E-state index contributed by atoms with van der Waals surface area (Å²) in [7, 11) is 0. The first-order valence-corrected chi connectivity index (χ1v) is 5.42. The molecule has 0 aromatic carbocycles. The molecule has 0 saturated carbocycles. The quantitative estimate of drug-likeness (QED) is 0.544. The number of nitrogens with two attached hydrogens (primary N) is 1. The van der Waals surface area contributed by atoms with Gasteiger partial charge < -0.3 is 10.5 Å². The summed E-state index contributed by atoms with van der Waals surface area (Å²) in [6.07, 6.45) is 3.87. The van der Waals surface area contributed by atoms with Gasteiger partial charge in [0.1, 0.15) is 0 Å². The van der Waals surface area contributed by atoms with E-state index in [1.807, 2.05) is 0 Å². The summed E-state index contributed by atoms with van der Waals surface area (Å²) in [5.74, 6) is 0.728. The smallest absolute Gasteiger partial charge is 0.0992 e. The molecule has 1 heterocycles. The number of nitrogens with zero attached hydrogens (tertiary/aromatic N) is 1. The van der Waals surface area contributed by atoms with E-state index in [1.54, 1.807) is 0 Å². The van der Waals surface area contributed by atoms with Gasteiger partial charge in [-0.2, -0.15) is 0 Å². The number of hydrogen-bond acceptors (Lipinski definition) is 2. The summed E-state index contributed by atoms with van der Waals surface area (Å²) < 4.78 is 5.58. The van der Waals surface area contributed by atoms with Gasteiger partial charge in [-0.05, 0) is 19.3 Å². The van der Waals surface area contributed by atoms with Gasteiger partial charge in [0.15, 0.2) is 0 Å². The predicted molar refractivity (Wildman–Crippen MR) is 59.5 cm³/mol. The summed E-state index contributed by atoms with van der Waals surface area (Å²) in [6.45, 7) is 7.84. The maximum atomic E-state index is 5.86. The Morgan fingerprint density at radius 1 is 1.43 bits per heavy atom. The molecule has 0 aliphatic carbocycles. The fraction of sp³-hybridized carbons (Fsp3) is 0.909. The van der Waals surface area contributed by atoms with Gasteiger partial charge in [0, 0.05) is 12.0 Å². The van der Waals surface area contributed by atoms with E-state index < -0.39 is 0 Å². The Hall–Kier alpha value is -0.570. The molecule has 3 heteroatoms. The summed E-state index contributed by atoms with van der Waals surface area (Å²) in [5, 5.41) is 0. The first kappa shape index (κ1) is 11.5. The zero-order valence-electron chi connectivity index (χ0n) is 9.55. The van der Waals surface area contributed by atoms with Gasteiger partial charge in [-0.15, -0.1) is 0 Å². The van der Waals surface area contributed by atoms with Crippen molar-refractivity contribution in [3.05, 3.63) is 0 Å². The zero-order chi connectivity index (χ0) is 10.6. The van der Waals surface area contributed by atoms with E-state index in [4.69, 9.17) is 10.5 Å². The van der Waals surface area contributed by atoms with Crippen molar-refractivity contribution < 1.29 is 4.74 Å². The lowest BCUT2D eigenvalue weighted by atomic mass is 9.95. The van der Waals surface area contributed by atoms with Crippen LogP contribution in [-0.2, 0) is 4.74 Å². The average Bonchev–Trinajstić information content (AvgIpc) is 2.14. The second-order valence-electron chi connectivity index (χ2n) is 4.96. The molecule has 0 bridgehead atoms. The molecule has 0 spiro atoms. The molecule has 1 aliphatic rings. The minimum Gasteiger partial charge on any atom is -0.387 e. The molecule has 0 aromatic heterocycles. The summed E-state index contributed by atoms with van der Waals surface area (Å²) in [5.41, 5.74) is 5.84. The highest BCUT2D eigenvalue weighted by atomic mass is 16.5. The van der Waals surface area contributed by atoms with Crippen LogP contribution in [0.5, 0.6) is 0 Å². The molecule has 3 nitrogen and oxygen atoms in total. The Morgan fingerprint density at radius 3 is 2.64 bits per heavy atom. The van der Waals surface area contributed by atoms with Gasteiger partial charge in [-0.3, -0.25) is 4.99 Å². The van der Waals surface area contributed by atoms with Crippen LogP contribution in [0.1, 0.15) is 40.0 Å². The molecule has 1 atom stereocenters. The van der Waals surface area contributed by atoms with Gasteiger partial charge in [0.05, 0.1) is 18.5 Å². The molecular formula is C11H22N2O. The third kappa shape index (κ3) is 3.66. The highest BCUT2D eigenvalue weighted by Crippen LogP contribution is 2.15. The highest BCUT2D eigenvalue weighted by molar-refractivity contribution is 5.85. The Bertz CT molecular complexity index is 200. The average molecular weight is 198 g/mol. The fourth-order valence-corrected chi connectivity index (χ4v) is 1.39. The van der Waals surface area contributed by atoms with E-state index in [0.717, 1.165) is 25.4 Å².